The number of halogens is 9. The molecule has 0 atom stereocenters. The monoisotopic (exact) mass is 439 g/mol. The van der Waals surface area contributed by atoms with E-state index >= 15 is 0 Å². The molecule has 0 saturated carbocycles. The smallest absolute Gasteiger partial charge is 0.106 e. The molecule has 0 spiro atoms. The third-order valence-corrected chi connectivity index (χ3v) is 6.56. The first kappa shape index (κ1) is 18.9. The van der Waals surface area contributed by atoms with Crippen LogP contribution in [0.15, 0.2) is 24.3 Å². The summed E-state index contributed by atoms with van der Waals surface area (Å²) in [7, 11) is 0. The highest BCUT2D eigenvalue weighted by molar-refractivity contribution is 6.79. The quantitative estimate of drug-likeness (QED) is 0.440. The first-order valence-electron chi connectivity index (χ1n) is 4.53. The van der Waals surface area contributed by atoms with Crippen LogP contribution in [0.2, 0.25) is 0 Å². The lowest BCUT2D eigenvalue weighted by atomic mass is 9.99. The molecular weight excluding hydrogens is 439 g/mol. The van der Waals surface area contributed by atoms with E-state index in [1.807, 2.05) is 0 Å². The molecule has 1 aromatic carbocycles. The maximum absolute atomic E-state index is 6.24. The molecular formula is C10H4Cl9. The summed E-state index contributed by atoms with van der Waals surface area (Å²) < 4.78 is -6.56. The SMILES string of the molecule is ClC(Cl)(Cl)C(Cl)(C(Cl)(Cl)Cl)C(Cl)(Cl)c1[c]cccc1. The number of hydrogen-bond donors (Lipinski definition) is 0. The standard InChI is InChI=1S/C10H4Cl9/c11-7(12,6-4-2-1-3-5-6)8(13,9(14,15)16)10(17,18)19/h1-4H. The molecule has 0 bridgehead atoms. The molecule has 0 aromatic heterocycles. The average Bonchev–Trinajstić information content (AvgIpc) is 2.26. The second-order valence-electron chi connectivity index (χ2n) is 3.50. The zero-order valence-corrected chi connectivity index (χ0v) is 15.5. The van der Waals surface area contributed by atoms with E-state index in [4.69, 9.17) is 104 Å². The van der Waals surface area contributed by atoms with Gasteiger partial charge in [0.2, 0.25) is 7.59 Å². The van der Waals surface area contributed by atoms with Crippen molar-refractivity contribution < 1.29 is 0 Å². The van der Waals surface area contributed by atoms with Gasteiger partial charge in [-0.2, -0.15) is 0 Å². The third-order valence-electron chi connectivity index (χ3n) is 2.26. The predicted molar refractivity (Wildman–Crippen MR) is 87.8 cm³/mol. The molecule has 0 aliphatic carbocycles. The minimum Gasteiger partial charge on any atom is -0.106 e. The Balaban J connectivity index is 3.51. The van der Waals surface area contributed by atoms with E-state index in [1.54, 1.807) is 18.2 Å². The summed E-state index contributed by atoms with van der Waals surface area (Å²) >= 11 is 53.6. The summed E-state index contributed by atoms with van der Waals surface area (Å²) in [5, 5.41) is 0. The second kappa shape index (κ2) is 6.14. The molecule has 0 aliphatic rings. The zero-order valence-electron chi connectivity index (χ0n) is 8.71. The van der Waals surface area contributed by atoms with Crippen molar-refractivity contribution in [3.63, 3.8) is 0 Å². The number of hydrogen-bond acceptors (Lipinski definition) is 0. The van der Waals surface area contributed by atoms with Gasteiger partial charge in [-0.05, 0) is 11.6 Å². The van der Waals surface area contributed by atoms with Crippen LogP contribution in [-0.2, 0) is 4.33 Å². The molecule has 0 aliphatic heterocycles. The van der Waals surface area contributed by atoms with E-state index in [1.165, 1.54) is 6.07 Å². The summed E-state index contributed by atoms with van der Waals surface area (Å²) in [6, 6.07) is 9.15. The number of alkyl halides is 9. The van der Waals surface area contributed by atoms with Crippen molar-refractivity contribution in [3.05, 3.63) is 35.9 Å². The first-order chi connectivity index (χ1) is 8.36. The summed E-state index contributed by atoms with van der Waals surface area (Å²) in [5.74, 6) is 0. The summed E-state index contributed by atoms with van der Waals surface area (Å²) in [5.41, 5.74) is 0.200. The van der Waals surface area contributed by atoms with Crippen LogP contribution in [-0.4, -0.2) is 12.5 Å². The molecule has 0 heterocycles. The van der Waals surface area contributed by atoms with Gasteiger partial charge in [0.1, 0.15) is 0 Å². The van der Waals surface area contributed by atoms with Gasteiger partial charge in [-0.1, -0.05) is 117 Å². The Morgan fingerprint density at radius 1 is 0.737 bits per heavy atom. The topological polar surface area (TPSA) is 0 Å². The Morgan fingerprint density at radius 2 is 1.21 bits per heavy atom. The molecule has 0 fully saturated rings. The fourth-order valence-electron chi connectivity index (χ4n) is 1.29. The van der Waals surface area contributed by atoms with Gasteiger partial charge in [0.25, 0.3) is 0 Å². The highest BCUT2D eigenvalue weighted by atomic mass is 35.6. The van der Waals surface area contributed by atoms with Gasteiger partial charge in [-0.25, -0.2) is 0 Å². The fourth-order valence-corrected chi connectivity index (χ4v) is 4.91. The highest BCUT2D eigenvalue weighted by Gasteiger charge is 2.71. The average molecular weight is 443 g/mol. The molecule has 9 heteroatoms. The Bertz CT molecular complexity index is 415. The fraction of sp³-hybridized carbons (Fsp3) is 0.400. The van der Waals surface area contributed by atoms with Crippen LogP contribution in [0.4, 0.5) is 0 Å². The summed E-state index contributed by atoms with van der Waals surface area (Å²) in [6.45, 7) is 0. The van der Waals surface area contributed by atoms with E-state index in [0.717, 1.165) is 0 Å². The van der Waals surface area contributed by atoms with E-state index in [2.05, 4.69) is 6.07 Å². The molecule has 0 nitrogen and oxygen atoms in total. The molecule has 1 radical (unpaired) electrons. The third kappa shape index (κ3) is 3.44. The van der Waals surface area contributed by atoms with Crippen molar-refractivity contribution in [1.29, 1.82) is 0 Å². The molecule has 0 unspecified atom stereocenters. The number of benzene rings is 1. The lowest BCUT2D eigenvalue weighted by molar-refractivity contribution is 0.531. The summed E-state index contributed by atoms with van der Waals surface area (Å²) in [6.07, 6.45) is 0. The van der Waals surface area contributed by atoms with Crippen LogP contribution >= 0.6 is 104 Å². The van der Waals surface area contributed by atoms with Gasteiger partial charge >= 0.3 is 0 Å². The van der Waals surface area contributed by atoms with Crippen LogP contribution in [0.25, 0.3) is 0 Å². The van der Waals surface area contributed by atoms with Gasteiger partial charge in [0, 0.05) is 0 Å². The molecule has 1 aromatic rings. The number of rotatable bonds is 2. The van der Waals surface area contributed by atoms with E-state index in [9.17, 15) is 0 Å². The van der Waals surface area contributed by atoms with Gasteiger partial charge in [0.15, 0.2) is 9.21 Å². The van der Waals surface area contributed by atoms with E-state index < -0.39 is 16.8 Å². The molecule has 107 valence electrons. The minimum atomic E-state index is -2.27. The minimum absolute atomic E-state index is 0.200. The normalized spacial score (nSPS) is 14.6. The lowest BCUT2D eigenvalue weighted by Gasteiger charge is -2.46. The maximum atomic E-state index is 6.24. The van der Waals surface area contributed by atoms with Crippen molar-refractivity contribution >= 4 is 104 Å². The predicted octanol–water partition coefficient (Wildman–Crippen LogP) is 6.84. The summed E-state index contributed by atoms with van der Waals surface area (Å²) in [4.78, 5) is -2.26. The van der Waals surface area contributed by atoms with Gasteiger partial charge in [-0.15, -0.1) is 11.6 Å². The first-order valence-corrected chi connectivity index (χ1v) is 7.93. The van der Waals surface area contributed by atoms with Crippen LogP contribution in [0.1, 0.15) is 5.56 Å². The van der Waals surface area contributed by atoms with Crippen molar-refractivity contribution in [1.82, 2.24) is 0 Å². The van der Waals surface area contributed by atoms with Crippen molar-refractivity contribution in [3.8, 4) is 0 Å². The van der Waals surface area contributed by atoms with Crippen molar-refractivity contribution in [2.24, 2.45) is 0 Å². The lowest BCUT2D eigenvalue weighted by Crippen LogP contribution is -2.58. The van der Waals surface area contributed by atoms with Gasteiger partial charge in [-0.3, -0.25) is 0 Å². The maximum Gasteiger partial charge on any atom is 0.216 e. The van der Waals surface area contributed by atoms with Crippen LogP contribution in [0.3, 0.4) is 0 Å². The molecule has 19 heavy (non-hydrogen) atoms. The molecule has 0 N–H and O–H groups in total. The van der Waals surface area contributed by atoms with Crippen LogP contribution < -0.4 is 0 Å². The van der Waals surface area contributed by atoms with Crippen LogP contribution in [0, 0.1) is 6.07 Å². The Kier molecular flexibility index (Phi) is 6.10. The Morgan fingerprint density at radius 3 is 1.53 bits per heavy atom. The molecule has 0 saturated heterocycles. The van der Waals surface area contributed by atoms with E-state index in [0.29, 0.717) is 0 Å². The molecule has 0 amide bonds. The Labute approximate surface area is 156 Å². The zero-order chi connectivity index (χ0) is 15.1. The van der Waals surface area contributed by atoms with E-state index in [-0.39, 0.29) is 5.56 Å². The highest BCUT2D eigenvalue weighted by Crippen LogP contribution is 2.66. The second-order valence-corrected chi connectivity index (χ2v) is 9.96. The van der Waals surface area contributed by atoms with Crippen molar-refractivity contribution in [2.45, 2.75) is 16.8 Å². The Hall–Kier alpha value is 1.83. The largest absolute Gasteiger partial charge is 0.216 e. The van der Waals surface area contributed by atoms with Crippen LogP contribution in [0.5, 0.6) is 0 Å². The van der Waals surface area contributed by atoms with Gasteiger partial charge < -0.3 is 0 Å². The molecule has 1 rings (SSSR count). The van der Waals surface area contributed by atoms with Crippen molar-refractivity contribution in [2.75, 3.05) is 0 Å². The van der Waals surface area contributed by atoms with Gasteiger partial charge in [0.05, 0.1) is 0 Å².